The van der Waals surface area contributed by atoms with Gasteiger partial charge in [-0.1, -0.05) is 38.5 Å². The number of carbonyl (C=O) groups excluding carboxylic acids is 2. The van der Waals surface area contributed by atoms with Crippen molar-refractivity contribution < 1.29 is 9.59 Å². The molecule has 1 aliphatic carbocycles. The molecule has 3 amide bonds. The van der Waals surface area contributed by atoms with E-state index in [1.165, 1.54) is 15.4 Å². The number of aryl methyl sites for hydroxylation is 1. The minimum Gasteiger partial charge on any atom is -0.323 e. The first-order valence-electron chi connectivity index (χ1n) is 9.04. The van der Waals surface area contributed by atoms with Gasteiger partial charge >= 0.3 is 6.03 Å². The van der Waals surface area contributed by atoms with Crippen LogP contribution in [0.15, 0.2) is 29.2 Å². The zero-order valence-corrected chi connectivity index (χ0v) is 16.4. The van der Waals surface area contributed by atoms with E-state index in [1.54, 1.807) is 11.8 Å². The van der Waals surface area contributed by atoms with Crippen LogP contribution in [0, 0.1) is 18.3 Å². The number of benzene rings is 1. The fourth-order valence-electron chi connectivity index (χ4n) is 4.60. The van der Waals surface area contributed by atoms with E-state index in [9.17, 15) is 9.59 Å². The molecule has 2 aliphatic rings. The Morgan fingerprint density at radius 2 is 1.88 bits per heavy atom. The van der Waals surface area contributed by atoms with Crippen LogP contribution in [0.4, 0.5) is 4.79 Å². The third-order valence-corrected chi connectivity index (χ3v) is 6.22. The Bertz CT molecular complexity index is 671. The molecule has 1 aliphatic heterocycles. The predicted molar refractivity (Wildman–Crippen MR) is 102 cm³/mol. The number of amides is 3. The first-order valence-corrected chi connectivity index (χ1v) is 10.0. The minimum atomic E-state index is -0.688. The van der Waals surface area contributed by atoms with E-state index in [2.05, 4.69) is 57.3 Å². The number of hydrogen-bond donors (Lipinski definition) is 1. The third kappa shape index (κ3) is 3.86. The lowest BCUT2D eigenvalue weighted by Gasteiger charge is -2.43. The van der Waals surface area contributed by atoms with Crippen LogP contribution in [0.5, 0.6) is 0 Å². The zero-order valence-electron chi connectivity index (χ0n) is 15.6. The average Bonchev–Trinajstić information content (AvgIpc) is 2.70. The van der Waals surface area contributed by atoms with E-state index in [0.717, 1.165) is 25.0 Å². The van der Waals surface area contributed by atoms with E-state index >= 15 is 0 Å². The van der Waals surface area contributed by atoms with Gasteiger partial charge in [-0.05, 0) is 49.7 Å². The number of nitrogens with zero attached hydrogens (tertiary/aromatic N) is 1. The number of hydrogen-bond acceptors (Lipinski definition) is 3. The van der Waals surface area contributed by atoms with Crippen LogP contribution in [-0.4, -0.2) is 34.7 Å². The zero-order chi connectivity index (χ0) is 18.2. The molecule has 4 nitrogen and oxygen atoms in total. The lowest BCUT2D eigenvalue weighted by molar-refractivity contribution is -0.134. The molecule has 0 aromatic heterocycles. The van der Waals surface area contributed by atoms with Crippen molar-refractivity contribution in [1.29, 1.82) is 0 Å². The number of urea groups is 1. The average molecular weight is 361 g/mol. The molecule has 1 saturated heterocycles. The second-order valence-corrected chi connectivity index (χ2v) is 9.65. The van der Waals surface area contributed by atoms with Crippen molar-refractivity contribution in [3.63, 3.8) is 0 Å². The van der Waals surface area contributed by atoms with E-state index in [1.807, 2.05) is 0 Å². The van der Waals surface area contributed by atoms with Crippen LogP contribution in [0.3, 0.4) is 0 Å². The van der Waals surface area contributed by atoms with Crippen molar-refractivity contribution in [1.82, 2.24) is 10.2 Å². The summed E-state index contributed by atoms with van der Waals surface area (Å²) in [4.78, 5) is 28.1. The van der Waals surface area contributed by atoms with Gasteiger partial charge in [-0.25, -0.2) is 4.79 Å². The molecule has 0 radical (unpaired) electrons. The number of thioether (sulfide) groups is 1. The molecule has 5 heteroatoms. The van der Waals surface area contributed by atoms with Crippen LogP contribution < -0.4 is 5.32 Å². The quantitative estimate of drug-likeness (QED) is 0.646. The molecule has 0 unspecified atom stereocenters. The molecule has 1 heterocycles. The van der Waals surface area contributed by atoms with Crippen molar-refractivity contribution in [2.45, 2.75) is 57.4 Å². The van der Waals surface area contributed by atoms with E-state index in [0.29, 0.717) is 12.5 Å². The largest absolute Gasteiger partial charge is 0.325 e. The Hall–Kier alpha value is -1.49. The maximum atomic E-state index is 13.0. The highest BCUT2D eigenvalue weighted by molar-refractivity contribution is 7.99. The molecule has 25 heavy (non-hydrogen) atoms. The van der Waals surface area contributed by atoms with Crippen LogP contribution in [0.25, 0.3) is 0 Å². The Balaban J connectivity index is 1.64. The normalized spacial score (nSPS) is 28.5. The molecule has 1 N–H and O–H groups in total. The van der Waals surface area contributed by atoms with Gasteiger partial charge in [0.1, 0.15) is 5.54 Å². The molecule has 2 fully saturated rings. The maximum Gasteiger partial charge on any atom is 0.325 e. The summed E-state index contributed by atoms with van der Waals surface area (Å²) in [5.74, 6) is 1.13. The summed E-state index contributed by atoms with van der Waals surface area (Å²) in [5.41, 5.74) is 0.620. The van der Waals surface area contributed by atoms with Crippen molar-refractivity contribution in [2.75, 3.05) is 12.3 Å². The van der Waals surface area contributed by atoms with E-state index in [4.69, 9.17) is 0 Å². The van der Waals surface area contributed by atoms with E-state index < -0.39 is 5.54 Å². The standard InChI is InChI=1S/C20H28N2O2S/c1-14-5-7-16(8-6-14)25-10-9-22-17(23)20(21-18(22)24)12-15(2)11-19(3,4)13-20/h5-8,15H,9-13H2,1-4H3,(H,21,24)/t15-,20-/m0/s1. The molecule has 2 atom stereocenters. The Labute approximate surface area is 154 Å². The summed E-state index contributed by atoms with van der Waals surface area (Å²) in [6.07, 6.45) is 2.58. The number of rotatable bonds is 4. The second kappa shape index (κ2) is 6.67. The van der Waals surface area contributed by atoms with Gasteiger partial charge in [0.15, 0.2) is 0 Å². The fraction of sp³-hybridized carbons (Fsp3) is 0.600. The summed E-state index contributed by atoms with van der Waals surface area (Å²) in [6, 6.07) is 8.10. The SMILES string of the molecule is Cc1ccc(SCCN2C(=O)N[C@]3(C[C@@H](C)CC(C)(C)C3)C2=O)cc1. The molecular formula is C20H28N2O2S. The van der Waals surface area contributed by atoms with Gasteiger partial charge in [0, 0.05) is 17.2 Å². The summed E-state index contributed by atoms with van der Waals surface area (Å²) in [6.45, 7) is 9.09. The predicted octanol–water partition coefficient (Wildman–Crippen LogP) is 4.22. The third-order valence-electron chi connectivity index (χ3n) is 5.23. The summed E-state index contributed by atoms with van der Waals surface area (Å²) in [7, 11) is 0. The molecule has 1 saturated carbocycles. The number of nitrogens with one attached hydrogen (secondary N) is 1. The lowest BCUT2D eigenvalue weighted by atomic mass is 9.64. The van der Waals surface area contributed by atoms with Gasteiger partial charge in [0.2, 0.25) is 0 Å². The van der Waals surface area contributed by atoms with Crippen LogP contribution >= 0.6 is 11.8 Å². The number of carbonyl (C=O) groups is 2. The molecule has 1 spiro atoms. The fourth-order valence-corrected chi connectivity index (χ4v) is 5.44. The topological polar surface area (TPSA) is 49.4 Å². The molecule has 1 aromatic carbocycles. The second-order valence-electron chi connectivity index (χ2n) is 8.48. The highest BCUT2D eigenvalue weighted by atomic mass is 32.2. The molecule has 0 bridgehead atoms. The summed E-state index contributed by atoms with van der Waals surface area (Å²) in [5, 5.41) is 3.04. The molecule has 3 rings (SSSR count). The van der Waals surface area contributed by atoms with E-state index in [-0.39, 0.29) is 17.4 Å². The van der Waals surface area contributed by atoms with Crippen LogP contribution in [-0.2, 0) is 4.79 Å². The van der Waals surface area contributed by atoms with Crippen molar-refractivity contribution in [3.05, 3.63) is 29.8 Å². The summed E-state index contributed by atoms with van der Waals surface area (Å²) < 4.78 is 0. The van der Waals surface area contributed by atoms with Gasteiger partial charge in [-0.15, -0.1) is 11.8 Å². The Morgan fingerprint density at radius 1 is 1.20 bits per heavy atom. The highest BCUT2D eigenvalue weighted by Gasteiger charge is 2.55. The van der Waals surface area contributed by atoms with Gasteiger partial charge in [0.05, 0.1) is 0 Å². The minimum absolute atomic E-state index is 0.0263. The summed E-state index contributed by atoms with van der Waals surface area (Å²) >= 11 is 1.68. The van der Waals surface area contributed by atoms with Gasteiger partial charge in [-0.3, -0.25) is 9.69 Å². The molecule has 136 valence electrons. The Morgan fingerprint density at radius 3 is 2.52 bits per heavy atom. The lowest BCUT2D eigenvalue weighted by Crippen LogP contribution is -2.54. The van der Waals surface area contributed by atoms with Gasteiger partial charge < -0.3 is 5.32 Å². The van der Waals surface area contributed by atoms with Crippen molar-refractivity contribution in [3.8, 4) is 0 Å². The maximum absolute atomic E-state index is 13.0. The first kappa shape index (κ1) is 18.3. The smallest absolute Gasteiger partial charge is 0.323 e. The molecular weight excluding hydrogens is 332 g/mol. The van der Waals surface area contributed by atoms with Gasteiger partial charge in [-0.2, -0.15) is 0 Å². The monoisotopic (exact) mass is 360 g/mol. The van der Waals surface area contributed by atoms with Crippen LogP contribution in [0.2, 0.25) is 0 Å². The Kier molecular flexibility index (Phi) is 4.89. The molecule has 1 aromatic rings. The highest BCUT2D eigenvalue weighted by Crippen LogP contribution is 2.46. The number of imide groups is 1. The van der Waals surface area contributed by atoms with Crippen molar-refractivity contribution in [2.24, 2.45) is 11.3 Å². The van der Waals surface area contributed by atoms with Crippen LogP contribution in [0.1, 0.15) is 45.6 Å². The van der Waals surface area contributed by atoms with Gasteiger partial charge in [0.25, 0.3) is 5.91 Å². The van der Waals surface area contributed by atoms with Crippen molar-refractivity contribution >= 4 is 23.7 Å². The first-order chi connectivity index (χ1) is 11.7.